The number of alkyl halides is 3. The average Bonchev–Trinajstić information content (AvgIpc) is 2.37. The number of amidine groups is 1. The molecule has 0 amide bonds. The molecule has 0 saturated carbocycles. The summed E-state index contributed by atoms with van der Waals surface area (Å²) in [5, 5.41) is 29.6. The van der Waals surface area contributed by atoms with Gasteiger partial charge < -0.3 is 5.73 Å². The molecular formula is C10H7F3N6O2. The van der Waals surface area contributed by atoms with Crippen molar-refractivity contribution < 1.29 is 18.1 Å². The fourth-order valence-corrected chi connectivity index (χ4v) is 1.22. The van der Waals surface area contributed by atoms with Crippen molar-refractivity contribution in [3.05, 3.63) is 33.9 Å². The number of halogens is 3. The lowest BCUT2D eigenvalue weighted by Gasteiger charge is -2.08. The molecule has 8 nitrogen and oxygen atoms in total. The van der Waals surface area contributed by atoms with Crippen LogP contribution in [0.4, 0.5) is 24.5 Å². The number of nitriles is 1. The van der Waals surface area contributed by atoms with Crippen molar-refractivity contribution in [2.24, 2.45) is 10.8 Å². The highest BCUT2D eigenvalue weighted by Crippen LogP contribution is 2.34. The third kappa shape index (κ3) is 3.90. The van der Waals surface area contributed by atoms with Crippen molar-refractivity contribution in [1.82, 2.24) is 0 Å². The van der Waals surface area contributed by atoms with Crippen LogP contribution in [0.2, 0.25) is 0 Å². The molecule has 11 heteroatoms. The molecule has 21 heavy (non-hydrogen) atoms. The van der Waals surface area contributed by atoms with Crippen molar-refractivity contribution in [2.45, 2.75) is 6.18 Å². The largest absolute Gasteiger partial charge is 0.416 e. The first-order chi connectivity index (χ1) is 9.66. The Labute approximate surface area is 115 Å². The van der Waals surface area contributed by atoms with Crippen LogP contribution in [0.5, 0.6) is 0 Å². The molecule has 1 aromatic rings. The normalized spacial score (nSPS) is 11.6. The van der Waals surface area contributed by atoms with E-state index in [-0.39, 0.29) is 5.69 Å². The van der Waals surface area contributed by atoms with Crippen LogP contribution in [0.25, 0.3) is 0 Å². The van der Waals surface area contributed by atoms with Gasteiger partial charge >= 0.3 is 6.18 Å². The van der Waals surface area contributed by atoms with E-state index in [1.54, 1.807) is 0 Å². The van der Waals surface area contributed by atoms with Gasteiger partial charge in [0.25, 0.3) is 5.69 Å². The summed E-state index contributed by atoms with van der Waals surface area (Å²) in [7, 11) is 0. The summed E-state index contributed by atoms with van der Waals surface area (Å²) in [4.78, 5) is 9.73. The molecule has 0 heterocycles. The van der Waals surface area contributed by atoms with Crippen molar-refractivity contribution >= 4 is 22.9 Å². The van der Waals surface area contributed by atoms with E-state index in [9.17, 15) is 23.3 Å². The van der Waals surface area contributed by atoms with E-state index >= 15 is 0 Å². The predicted molar refractivity (Wildman–Crippen MR) is 66.7 cm³/mol. The Balaban J connectivity index is 3.23. The molecular weight excluding hydrogens is 293 g/mol. The molecule has 0 spiro atoms. The van der Waals surface area contributed by atoms with Gasteiger partial charge in [-0.2, -0.15) is 23.5 Å². The van der Waals surface area contributed by atoms with E-state index in [1.165, 1.54) is 6.07 Å². The monoisotopic (exact) mass is 300 g/mol. The molecule has 0 aliphatic rings. The fourth-order valence-electron chi connectivity index (χ4n) is 1.22. The molecule has 1 rings (SSSR count). The van der Waals surface area contributed by atoms with Gasteiger partial charge in [-0.3, -0.25) is 20.9 Å². The molecule has 4 N–H and O–H groups in total. The number of hydrazone groups is 1. The number of nitro groups is 1. The van der Waals surface area contributed by atoms with Gasteiger partial charge in [-0.25, -0.2) is 0 Å². The highest BCUT2D eigenvalue weighted by molar-refractivity contribution is 6.45. The maximum Gasteiger partial charge on any atom is 0.416 e. The summed E-state index contributed by atoms with van der Waals surface area (Å²) < 4.78 is 37.4. The number of nitrogens with one attached hydrogen (secondary N) is 2. The molecule has 0 aliphatic heterocycles. The van der Waals surface area contributed by atoms with E-state index in [4.69, 9.17) is 16.4 Å². The summed E-state index contributed by atoms with van der Waals surface area (Å²) in [5.74, 6) is -0.695. The van der Waals surface area contributed by atoms with Gasteiger partial charge in [0.1, 0.15) is 11.8 Å². The zero-order chi connectivity index (χ0) is 16.2. The molecule has 110 valence electrons. The van der Waals surface area contributed by atoms with Crippen molar-refractivity contribution in [3.8, 4) is 6.07 Å². The summed E-state index contributed by atoms with van der Waals surface area (Å²) in [5.41, 5.74) is 4.02. The zero-order valence-electron chi connectivity index (χ0n) is 10.1. The van der Waals surface area contributed by atoms with Gasteiger partial charge in [-0.05, 0) is 12.1 Å². The number of anilines is 1. The number of rotatable bonds is 4. The summed E-state index contributed by atoms with van der Waals surface area (Å²) >= 11 is 0. The molecule has 0 bridgehead atoms. The number of benzene rings is 1. The molecule has 0 fully saturated rings. The number of nitrogens with zero attached hydrogens (tertiary/aromatic N) is 3. The highest BCUT2D eigenvalue weighted by atomic mass is 19.4. The van der Waals surface area contributed by atoms with Gasteiger partial charge in [0.05, 0.1) is 10.5 Å². The molecule has 0 saturated heterocycles. The van der Waals surface area contributed by atoms with E-state index in [0.717, 1.165) is 6.07 Å². The quantitative estimate of drug-likeness (QED) is 0.336. The summed E-state index contributed by atoms with van der Waals surface area (Å²) in [6.07, 6.45) is -4.73. The number of nitro benzene ring substituents is 1. The predicted octanol–water partition coefficient (Wildman–Crippen LogP) is 1.84. The zero-order valence-corrected chi connectivity index (χ0v) is 10.1. The summed E-state index contributed by atoms with van der Waals surface area (Å²) in [6.45, 7) is 0. The fraction of sp³-hybridized carbons (Fsp3) is 0.100. The van der Waals surface area contributed by atoms with Crippen LogP contribution in [0.3, 0.4) is 0 Å². The minimum absolute atomic E-state index is 0.331. The van der Waals surface area contributed by atoms with E-state index in [2.05, 4.69) is 5.10 Å². The number of hydrogen-bond acceptors (Lipinski definition) is 6. The molecule has 0 radical (unpaired) electrons. The van der Waals surface area contributed by atoms with E-state index in [1.807, 2.05) is 5.43 Å². The summed E-state index contributed by atoms with van der Waals surface area (Å²) in [6, 6.07) is 3.18. The molecule has 0 aliphatic carbocycles. The van der Waals surface area contributed by atoms with Gasteiger partial charge in [0, 0.05) is 6.07 Å². The highest BCUT2D eigenvalue weighted by Gasteiger charge is 2.33. The molecule has 1 aromatic carbocycles. The van der Waals surface area contributed by atoms with E-state index < -0.39 is 33.9 Å². The van der Waals surface area contributed by atoms with Crippen LogP contribution in [-0.4, -0.2) is 16.5 Å². The van der Waals surface area contributed by atoms with Gasteiger partial charge in [-0.1, -0.05) is 0 Å². The third-order valence-corrected chi connectivity index (χ3v) is 2.17. The minimum atomic E-state index is -4.73. The topological polar surface area (TPSA) is 141 Å². The maximum absolute atomic E-state index is 12.5. The van der Waals surface area contributed by atoms with Crippen LogP contribution in [0, 0.1) is 26.9 Å². The Hall–Kier alpha value is -3.16. The van der Waals surface area contributed by atoms with Crippen molar-refractivity contribution in [3.63, 3.8) is 0 Å². The van der Waals surface area contributed by atoms with E-state index in [0.29, 0.717) is 12.1 Å². The SMILES string of the molecule is N#C/C(=N\Nc1ccc(C(F)(F)F)cc1[N+](=O)[O-])C(=N)N. The van der Waals surface area contributed by atoms with Crippen LogP contribution < -0.4 is 11.2 Å². The Morgan fingerprint density at radius 3 is 2.57 bits per heavy atom. The maximum atomic E-state index is 12.5. The second-order valence-corrected chi connectivity index (χ2v) is 3.58. The molecule has 0 atom stereocenters. The van der Waals surface area contributed by atoms with Gasteiger partial charge in [0.2, 0.25) is 5.71 Å². The average molecular weight is 300 g/mol. The smallest absolute Gasteiger partial charge is 0.382 e. The van der Waals surface area contributed by atoms with Gasteiger partial charge in [-0.15, -0.1) is 0 Å². The Morgan fingerprint density at radius 1 is 1.52 bits per heavy atom. The minimum Gasteiger partial charge on any atom is -0.382 e. The first-order valence-electron chi connectivity index (χ1n) is 5.10. The first kappa shape index (κ1) is 15.9. The Kier molecular flexibility index (Phi) is 4.44. The standard InChI is InChI=1S/C10H7F3N6O2/c11-10(12,13)5-1-2-6(8(3-5)19(20)21)17-18-7(4-14)9(15)16/h1-3,17H,(H3,15,16)/b18-7+. The molecule has 0 aromatic heterocycles. The second kappa shape index (κ2) is 5.87. The van der Waals surface area contributed by atoms with Crippen molar-refractivity contribution in [1.29, 1.82) is 10.7 Å². The lowest BCUT2D eigenvalue weighted by Crippen LogP contribution is -2.22. The van der Waals surface area contributed by atoms with Crippen LogP contribution in [0.1, 0.15) is 5.56 Å². The van der Waals surface area contributed by atoms with Crippen LogP contribution in [0.15, 0.2) is 23.3 Å². The third-order valence-electron chi connectivity index (χ3n) is 2.17. The lowest BCUT2D eigenvalue weighted by molar-refractivity contribution is -0.384. The number of nitrogens with two attached hydrogens (primary N) is 1. The van der Waals surface area contributed by atoms with Crippen molar-refractivity contribution in [2.75, 3.05) is 5.43 Å². The van der Waals surface area contributed by atoms with Crippen LogP contribution >= 0.6 is 0 Å². The lowest BCUT2D eigenvalue weighted by atomic mass is 10.1. The van der Waals surface area contributed by atoms with Gasteiger partial charge in [0.15, 0.2) is 5.84 Å². The Bertz CT molecular complexity index is 662. The molecule has 0 unspecified atom stereocenters. The second-order valence-electron chi connectivity index (χ2n) is 3.58. The number of hydrogen-bond donors (Lipinski definition) is 3. The first-order valence-corrected chi connectivity index (χ1v) is 5.10. The van der Waals surface area contributed by atoms with Crippen LogP contribution in [-0.2, 0) is 6.18 Å². The Morgan fingerprint density at radius 2 is 2.14 bits per heavy atom.